The third kappa shape index (κ3) is 3.21. The van der Waals surface area contributed by atoms with Gasteiger partial charge < -0.3 is 0 Å². The molecule has 0 nitrogen and oxygen atoms in total. The van der Waals surface area contributed by atoms with Crippen molar-refractivity contribution in [3.63, 3.8) is 0 Å². The van der Waals surface area contributed by atoms with Crippen molar-refractivity contribution in [3.05, 3.63) is 0 Å². The highest BCUT2D eigenvalue weighted by Gasteiger charge is 2.55. The van der Waals surface area contributed by atoms with Gasteiger partial charge in [0, 0.05) is 0 Å². The summed E-state index contributed by atoms with van der Waals surface area (Å²) < 4.78 is 0. The van der Waals surface area contributed by atoms with Gasteiger partial charge in [-0.2, -0.15) is 0 Å². The van der Waals surface area contributed by atoms with Gasteiger partial charge in [-0.15, -0.1) is 0 Å². The van der Waals surface area contributed by atoms with E-state index in [0.717, 1.165) is 41.4 Å². The van der Waals surface area contributed by atoms with Crippen molar-refractivity contribution in [2.24, 2.45) is 52.3 Å². The molecule has 24 heavy (non-hydrogen) atoms. The Bertz CT molecular complexity index is 410. The zero-order chi connectivity index (χ0) is 18.3. The molecular weight excluding hydrogens is 288 g/mol. The van der Waals surface area contributed by atoms with Crippen LogP contribution in [0.3, 0.4) is 0 Å². The Kier molecular flexibility index (Phi) is 6.19. The van der Waals surface area contributed by atoms with Crippen molar-refractivity contribution in [1.82, 2.24) is 0 Å². The number of hydrogen-bond acceptors (Lipinski definition) is 0. The first kappa shape index (κ1) is 20.3. The van der Waals surface area contributed by atoms with Gasteiger partial charge in [0.15, 0.2) is 0 Å². The smallest absolute Gasteiger partial charge is 0.0264 e. The SMILES string of the molecule is CCC1CC2CCC(C(C)C(C)C(C)C)C2(C)CC(C)C1(C)CC. The van der Waals surface area contributed by atoms with Crippen LogP contribution in [-0.4, -0.2) is 0 Å². The van der Waals surface area contributed by atoms with Crippen LogP contribution in [0.25, 0.3) is 0 Å². The highest BCUT2D eigenvalue weighted by atomic mass is 14.6. The number of hydrogen-bond donors (Lipinski definition) is 0. The molecule has 2 saturated carbocycles. The molecule has 0 amide bonds. The Balaban J connectivity index is 2.32. The predicted octanol–water partition coefficient (Wildman–Crippen LogP) is 7.82. The van der Waals surface area contributed by atoms with Crippen molar-refractivity contribution < 1.29 is 0 Å². The molecule has 2 aliphatic rings. The fourth-order valence-electron chi connectivity index (χ4n) is 7.06. The molecule has 0 radical (unpaired) electrons. The molecule has 2 fully saturated rings. The maximum absolute atomic E-state index is 2.70. The molecule has 2 rings (SSSR count). The molecule has 0 aromatic heterocycles. The van der Waals surface area contributed by atoms with Crippen LogP contribution in [0.1, 0.15) is 101 Å². The van der Waals surface area contributed by atoms with Crippen LogP contribution in [0, 0.1) is 52.3 Å². The van der Waals surface area contributed by atoms with Gasteiger partial charge in [-0.25, -0.2) is 0 Å². The predicted molar refractivity (Wildman–Crippen MR) is 108 cm³/mol. The van der Waals surface area contributed by atoms with Gasteiger partial charge in [-0.1, -0.05) is 75.2 Å². The minimum atomic E-state index is 0.555. The van der Waals surface area contributed by atoms with Crippen LogP contribution in [0.15, 0.2) is 0 Å². The van der Waals surface area contributed by atoms with E-state index in [1.54, 1.807) is 0 Å². The summed E-state index contributed by atoms with van der Waals surface area (Å²) >= 11 is 0. The highest BCUT2D eigenvalue weighted by Crippen LogP contribution is 2.63. The Morgan fingerprint density at radius 2 is 1.62 bits per heavy atom. The molecule has 0 bridgehead atoms. The van der Waals surface area contributed by atoms with Gasteiger partial charge in [0.25, 0.3) is 0 Å². The molecule has 0 aliphatic heterocycles. The summed E-state index contributed by atoms with van der Waals surface area (Å²) in [6.07, 6.45) is 8.70. The van der Waals surface area contributed by atoms with Crippen molar-refractivity contribution in [2.75, 3.05) is 0 Å². The van der Waals surface area contributed by atoms with Crippen molar-refractivity contribution >= 4 is 0 Å². The maximum atomic E-state index is 2.70. The molecule has 0 aromatic rings. The Labute approximate surface area is 153 Å². The average Bonchev–Trinajstić information content (AvgIpc) is 2.82. The van der Waals surface area contributed by atoms with Crippen LogP contribution >= 0.6 is 0 Å². The molecule has 0 spiro atoms. The molecule has 0 aromatic carbocycles. The topological polar surface area (TPSA) is 0 Å². The van der Waals surface area contributed by atoms with Crippen molar-refractivity contribution in [1.29, 1.82) is 0 Å². The van der Waals surface area contributed by atoms with Gasteiger partial charge in [0.05, 0.1) is 0 Å². The monoisotopic (exact) mass is 334 g/mol. The zero-order valence-electron chi connectivity index (χ0n) is 18.3. The standard InChI is InChI=1S/C24H46/c1-10-20-14-21-12-13-22(19(7)18(6)16(3)4)24(21,9)15-17(5)23(20,8)11-2/h16-22H,10-15H2,1-9H3. The Morgan fingerprint density at radius 3 is 2.12 bits per heavy atom. The van der Waals surface area contributed by atoms with E-state index in [9.17, 15) is 0 Å². The summed E-state index contributed by atoms with van der Waals surface area (Å²) in [7, 11) is 0. The molecule has 0 heterocycles. The third-order valence-corrected chi connectivity index (χ3v) is 9.75. The van der Waals surface area contributed by atoms with E-state index in [4.69, 9.17) is 0 Å². The Hall–Kier alpha value is 0. The minimum absolute atomic E-state index is 0.555. The normalized spacial score (nSPS) is 45.8. The van der Waals surface area contributed by atoms with Gasteiger partial charge in [-0.05, 0) is 77.9 Å². The van der Waals surface area contributed by atoms with E-state index in [-0.39, 0.29) is 0 Å². The fourth-order valence-corrected chi connectivity index (χ4v) is 7.06. The highest BCUT2D eigenvalue weighted by molar-refractivity contribution is 5.04. The molecule has 0 N–H and O–H groups in total. The van der Waals surface area contributed by atoms with Gasteiger partial charge in [-0.3, -0.25) is 0 Å². The van der Waals surface area contributed by atoms with Crippen LogP contribution in [-0.2, 0) is 0 Å². The molecular formula is C24H46. The fraction of sp³-hybridized carbons (Fsp3) is 1.00. The first-order valence-electron chi connectivity index (χ1n) is 11.1. The lowest BCUT2D eigenvalue weighted by atomic mass is 9.61. The summed E-state index contributed by atoms with van der Waals surface area (Å²) in [6.45, 7) is 22.7. The first-order chi connectivity index (χ1) is 11.1. The lowest BCUT2D eigenvalue weighted by Crippen LogP contribution is -2.37. The van der Waals surface area contributed by atoms with E-state index < -0.39 is 0 Å². The summed E-state index contributed by atoms with van der Waals surface area (Å²) in [5.41, 5.74) is 1.14. The van der Waals surface area contributed by atoms with Gasteiger partial charge >= 0.3 is 0 Å². The second-order valence-electron chi connectivity index (χ2n) is 10.7. The number of fused-ring (bicyclic) bond motifs is 1. The molecule has 2 aliphatic carbocycles. The first-order valence-corrected chi connectivity index (χ1v) is 11.1. The van der Waals surface area contributed by atoms with Gasteiger partial charge in [0.2, 0.25) is 0 Å². The van der Waals surface area contributed by atoms with Crippen LogP contribution in [0.5, 0.6) is 0 Å². The van der Waals surface area contributed by atoms with Crippen LogP contribution < -0.4 is 0 Å². The quantitative estimate of drug-likeness (QED) is 0.480. The molecule has 0 heteroatoms. The van der Waals surface area contributed by atoms with Crippen molar-refractivity contribution in [3.8, 4) is 0 Å². The molecule has 142 valence electrons. The summed E-state index contributed by atoms with van der Waals surface area (Å²) in [6, 6.07) is 0. The average molecular weight is 335 g/mol. The molecule has 0 saturated heterocycles. The molecule has 8 unspecified atom stereocenters. The number of rotatable bonds is 5. The largest absolute Gasteiger partial charge is 0.0651 e. The van der Waals surface area contributed by atoms with Crippen LogP contribution in [0.4, 0.5) is 0 Å². The molecule has 8 atom stereocenters. The summed E-state index contributed by atoms with van der Waals surface area (Å²) in [4.78, 5) is 0. The van der Waals surface area contributed by atoms with Crippen molar-refractivity contribution in [2.45, 2.75) is 101 Å². The lowest BCUT2D eigenvalue weighted by molar-refractivity contribution is 0.0449. The summed E-state index contributed by atoms with van der Waals surface area (Å²) in [5, 5.41) is 0. The Morgan fingerprint density at radius 1 is 1.00 bits per heavy atom. The maximum Gasteiger partial charge on any atom is -0.0264 e. The second kappa shape index (κ2) is 7.32. The van der Waals surface area contributed by atoms with E-state index in [1.165, 1.54) is 38.5 Å². The van der Waals surface area contributed by atoms with E-state index in [2.05, 4.69) is 62.3 Å². The van der Waals surface area contributed by atoms with Crippen LogP contribution in [0.2, 0.25) is 0 Å². The third-order valence-electron chi connectivity index (χ3n) is 9.75. The minimum Gasteiger partial charge on any atom is -0.0651 e. The van der Waals surface area contributed by atoms with E-state index in [1.807, 2.05) is 0 Å². The van der Waals surface area contributed by atoms with E-state index >= 15 is 0 Å². The van der Waals surface area contributed by atoms with E-state index in [0.29, 0.717) is 10.8 Å². The second-order valence-corrected chi connectivity index (χ2v) is 10.7. The zero-order valence-corrected chi connectivity index (χ0v) is 18.3. The van der Waals surface area contributed by atoms with Gasteiger partial charge in [0.1, 0.15) is 0 Å². The summed E-state index contributed by atoms with van der Waals surface area (Å²) in [5.74, 6) is 6.26. The lowest BCUT2D eigenvalue weighted by Gasteiger charge is -2.44.